The number of ether oxygens (including phenoxy) is 1. The fraction of sp³-hybridized carbons (Fsp3) is 0.321. The molecule has 0 spiro atoms. The average molecular weight is 465 g/mol. The zero-order chi connectivity index (χ0) is 25.7. The summed E-state index contributed by atoms with van der Waals surface area (Å²) in [5, 5.41) is 2.69. The molecule has 3 rings (SSSR count). The minimum atomic E-state index is -0.317. The van der Waals surface area contributed by atoms with E-state index in [0.29, 0.717) is 0 Å². The molecule has 0 saturated carbocycles. The van der Waals surface area contributed by atoms with E-state index in [4.69, 9.17) is 10.5 Å². The van der Waals surface area contributed by atoms with Crippen molar-refractivity contribution in [2.45, 2.75) is 46.2 Å². The molecule has 0 radical (unpaired) electrons. The van der Waals surface area contributed by atoms with Crippen LogP contribution in [-0.2, 0) is 11.2 Å². The standard InChI is InChI=1S/C22H24N2O.C4H10N2O.C2H6/c1-5-16-9-7-8-10-18(16)12-11-15(3)21-20-19(23-24-21)14-13-17(6-2)22(20)25-4;1-3(6-2)4(5)7;1-2/h6-14,21,23-24H,2-3,5H2,1,4H3;3,6H,1-2H3,(H2,5,7);1-2H3/b12-11-;;. The lowest BCUT2D eigenvalue weighted by molar-refractivity contribution is -0.119. The second-order valence-electron chi connectivity index (χ2n) is 7.43. The lowest BCUT2D eigenvalue weighted by Crippen LogP contribution is -2.36. The Labute approximate surface area is 204 Å². The van der Waals surface area contributed by atoms with Gasteiger partial charge in [0.05, 0.1) is 24.9 Å². The van der Waals surface area contributed by atoms with E-state index < -0.39 is 0 Å². The molecular formula is C28H40N4O2. The molecule has 184 valence electrons. The van der Waals surface area contributed by atoms with Gasteiger partial charge in [-0.2, -0.15) is 0 Å². The van der Waals surface area contributed by atoms with E-state index in [9.17, 15) is 4.79 Å². The van der Waals surface area contributed by atoms with Crippen molar-refractivity contribution in [3.8, 4) is 5.75 Å². The monoisotopic (exact) mass is 464 g/mol. The number of carbonyl (C=O) groups excluding carboxylic acids is 1. The predicted octanol–water partition coefficient (Wildman–Crippen LogP) is 5.25. The third kappa shape index (κ3) is 7.33. The highest BCUT2D eigenvalue weighted by atomic mass is 16.5. The van der Waals surface area contributed by atoms with Crippen LogP contribution in [0.4, 0.5) is 5.69 Å². The second kappa shape index (κ2) is 14.7. The summed E-state index contributed by atoms with van der Waals surface area (Å²) in [5.41, 5.74) is 17.9. The van der Waals surface area contributed by atoms with Crippen LogP contribution in [-0.4, -0.2) is 26.1 Å². The van der Waals surface area contributed by atoms with Crippen molar-refractivity contribution in [1.29, 1.82) is 0 Å². The lowest BCUT2D eigenvalue weighted by Gasteiger charge is -2.16. The Kier molecular flexibility index (Phi) is 12.4. The molecule has 1 aliphatic rings. The topological polar surface area (TPSA) is 88.4 Å². The molecular weight excluding hydrogens is 424 g/mol. The Balaban J connectivity index is 0.000000553. The first kappa shape index (κ1) is 28.7. The third-order valence-electron chi connectivity index (χ3n) is 5.43. The highest BCUT2D eigenvalue weighted by molar-refractivity contribution is 5.79. The van der Waals surface area contributed by atoms with Gasteiger partial charge in [-0.3, -0.25) is 4.79 Å². The fourth-order valence-corrected chi connectivity index (χ4v) is 3.35. The number of hydrazine groups is 1. The van der Waals surface area contributed by atoms with E-state index in [1.807, 2.05) is 32.1 Å². The van der Waals surface area contributed by atoms with Gasteiger partial charge in [0.25, 0.3) is 0 Å². The van der Waals surface area contributed by atoms with Gasteiger partial charge in [0.1, 0.15) is 5.75 Å². The van der Waals surface area contributed by atoms with Crippen molar-refractivity contribution < 1.29 is 9.53 Å². The minimum absolute atomic E-state index is 0.0464. The molecule has 34 heavy (non-hydrogen) atoms. The summed E-state index contributed by atoms with van der Waals surface area (Å²) >= 11 is 0. The predicted molar refractivity (Wildman–Crippen MR) is 146 cm³/mol. The molecule has 0 bridgehead atoms. The zero-order valence-electron chi connectivity index (χ0n) is 21.4. The normalized spacial score (nSPS) is 14.5. The number of benzene rings is 2. The number of nitrogens with one attached hydrogen (secondary N) is 3. The van der Waals surface area contributed by atoms with Crippen LogP contribution in [0.15, 0.2) is 61.2 Å². The summed E-state index contributed by atoms with van der Waals surface area (Å²) in [7, 11) is 3.38. The highest BCUT2D eigenvalue weighted by Crippen LogP contribution is 2.42. The number of amides is 1. The van der Waals surface area contributed by atoms with E-state index in [1.54, 1.807) is 21.1 Å². The molecule has 0 aromatic heterocycles. The molecule has 1 amide bonds. The Morgan fingerprint density at radius 1 is 1.24 bits per heavy atom. The Morgan fingerprint density at radius 2 is 1.91 bits per heavy atom. The molecule has 5 N–H and O–H groups in total. The number of likely N-dealkylation sites (N-methyl/N-ethyl adjacent to an activating group) is 1. The Morgan fingerprint density at radius 3 is 2.44 bits per heavy atom. The molecule has 0 saturated heterocycles. The van der Waals surface area contributed by atoms with Gasteiger partial charge in [0.2, 0.25) is 5.91 Å². The van der Waals surface area contributed by atoms with Gasteiger partial charge in [-0.1, -0.05) is 76.4 Å². The number of fused-ring (bicyclic) bond motifs is 1. The van der Waals surface area contributed by atoms with Crippen LogP contribution >= 0.6 is 0 Å². The van der Waals surface area contributed by atoms with Crippen molar-refractivity contribution in [2.75, 3.05) is 19.6 Å². The number of methoxy groups -OCH3 is 1. The van der Waals surface area contributed by atoms with Crippen molar-refractivity contribution in [2.24, 2.45) is 5.73 Å². The Bertz CT molecular complexity index is 998. The van der Waals surface area contributed by atoms with Crippen LogP contribution in [0.2, 0.25) is 0 Å². The minimum Gasteiger partial charge on any atom is -0.496 e. The maximum absolute atomic E-state index is 10.1. The van der Waals surface area contributed by atoms with E-state index in [-0.39, 0.29) is 18.0 Å². The maximum Gasteiger partial charge on any atom is 0.234 e. The van der Waals surface area contributed by atoms with Gasteiger partial charge in [0, 0.05) is 11.1 Å². The number of hydrogen-bond donors (Lipinski definition) is 4. The fourth-order valence-electron chi connectivity index (χ4n) is 3.35. The van der Waals surface area contributed by atoms with Gasteiger partial charge < -0.3 is 21.2 Å². The number of carbonyl (C=O) groups is 1. The number of primary amides is 1. The first-order valence-corrected chi connectivity index (χ1v) is 11.6. The van der Waals surface area contributed by atoms with Crippen LogP contribution in [0.25, 0.3) is 12.2 Å². The largest absolute Gasteiger partial charge is 0.496 e. The van der Waals surface area contributed by atoms with Crippen molar-refractivity contribution >= 4 is 23.7 Å². The van der Waals surface area contributed by atoms with E-state index >= 15 is 0 Å². The Hall–Kier alpha value is -3.35. The molecule has 2 atom stereocenters. The molecule has 2 aromatic carbocycles. The van der Waals surface area contributed by atoms with Crippen LogP contribution in [0.5, 0.6) is 5.75 Å². The first-order valence-electron chi connectivity index (χ1n) is 11.6. The molecule has 0 fully saturated rings. The summed E-state index contributed by atoms with van der Waals surface area (Å²) in [5.74, 6) is 0.515. The molecule has 0 aliphatic carbocycles. The zero-order valence-corrected chi connectivity index (χ0v) is 21.4. The molecule has 6 heteroatoms. The molecule has 1 heterocycles. The quantitative estimate of drug-likeness (QED) is 0.401. The number of rotatable bonds is 8. The summed E-state index contributed by atoms with van der Waals surface area (Å²) in [6.07, 6.45) is 7.02. The van der Waals surface area contributed by atoms with E-state index in [0.717, 1.165) is 34.6 Å². The number of hydrogen-bond acceptors (Lipinski definition) is 5. The van der Waals surface area contributed by atoms with Gasteiger partial charge in [-0.25, -0.2) is 5.43 Å². The van der Waals surface area contributed by atoms with E-state index in [1.165, 1.54) is 11.1 Å². The van der Waals surface area contributed by atoms with Crippen LogP contribution in [0, 0.1) is 0 Å². The van der Waals surface area contributed by atoms with Crippen molar-refractivity contribution in [3.63, 3.8) is 0 Å². The van der Waals surface area contributed by atoms with Crippen LogP contribution < -0.4 is 26.6 Å². The highest BCUT2D eigenvalue weighted by Gasteiger charge is 2.28. The molecule has 6 nitrogen and oxygen atoms in total. The summed E-state index contributed by atoms with van der Waals surface area (Å²) in [6, 6.07) is 12.2. The maximum atomic E-state index is 10.1. The molecule has 2 unspecified atom stereocenters. The van der Waals surface area contributed by atoms with Crippen molar-refractivity contribution in [3.05, 3.63) is 83.5 Å². The van der Waals surface area contributed by atoms with Gasteiger partial charge in [-0.15, -0.1) is 0 Å². The van der Waals surface area contributed by atoms with Crippen molar-refractivity contribution in [1.82, 2.24) is 10.7 Å². The summed E-state index contributed by atoms with van der Waals surface area (Å²) in [4.78, 5) is 10.1. The number of nitrogens with two attached hydrogens (primary N) is 1. The van der Waals surface area contributed by atoms with Crippen LogP contribution in [0.1, 0.15) is 56.0 Å². The lowest BCUT2D eigenvalue weighted by atomic mass is 9.95. The number of aryl methyl sites for hydroxylation is 1. The van der Waals surface area contributed by atoms with E-state index in [2.05, 4.69) is 72.7 Å². The first-order chi connectivity index (χ1) is 16.4. The SMILES string of the molecule is C=Cc1ccc2c(c1OC)C(C(=C)/C=C\c1ccccc1CC)NN2.CC.CNC(C)C(N)=O. The second-order valence-corrected chi connectivity index (χ2v) is 7.43. The smallest absolute Gasteiger partial charge is 0.234 e. The van der Waals surface area contributed by atoms with Gasteiger partial charge in [-0.05, 0) is 49.2 Å². The number of anilines is 1. The summed E-state index contributed by atoms with van der Waals surface area (Å²) in [6.45, 7) is 16.0. The van der Waals surface area contributed by atoms with Crippen LogP contribution in [0.3, 0.4) is 0 Å². The third-order valence-corrected chi connectivity index (χ3v) is 5.43. The summed E-state index contributed by atoms with van der Waals surface area (Å²) < 4.78 is 5.64. The van der Waals surface area contributed by atoms with Gasteiger partial charge >= 0.3 is 0 Å². The average Bonchev–Trinajstić information content (AvgIpc) is 3.32. The molecule has 1 aliphatic heterocycles. The molecule has 2 aromatic rings. The van der Waals surface area contributed by atoms with Gasteiger partial charge in [0.15, 0.2) is 0 Å².